The van der Waals surface area contributed by atoms with Crippen molar-refractivity contribution < 1.29 is 19.0 Å². The number of aliphatic imine (C=N–C) groups is 1. The summed E-state index contributed by atoms with van der Waals surface area (Å²) in [6.07, 6.45) is 0. The minimum atomic E-state index is -0.128. The smallest absolute Gasteiger partial charge is 0.221 e. The zero-order valence-electron chi connectivity index (χ0n) is 16.7. The summed E-state index contributed by atoms with van der Waals surface area (Å²) < 4.78 is 16.1. The van der Waals surface area contributed by atoms with Crippen LogP contribution in [0.4, 0.5) is 5.69 Å². The number of guanidine groups is 1. The Balaban J connectivity index is 0.00000420. The zero-order valence-corrected chi connectivity index (χ0v) is 19.1. The van der Waals surface area contributed by atoms with Crippen LogP contribution in [0.1, 0.15) is 12.5 Å². The molecular formula is C20H27IN4O4. The number of benzene rings is 2. The standard InChI is InChI=1S/C20H26N4O4.HI/c1-14(25)24-16-5-4-6-17(12-16)28-10-9-22-20(21)23-13-15-7-8-18(26-2)19(11-15)27-3;/h4-8,11-12H,9-10,13H2,1-3H3,(H,24,25)(H3,21,22,23);1H. The van der Waals surface area contributed by atoms with Crippen molar-refractivity contribution in [1.29, 1.82) is 0 Å². The Kier molecular flexibility index (Phi) is 10.7. The maximum absolute atomic E-state index is 11.1. The second-order valence-electron chi connectivity index (χ2n) is 5.88. The lowest BCUT2D eigenvalue weighted by atomic mass is 10.2. The van der Waals surface area contributed by atoms with Gasteiger partial charge >= 0.3 is 0 Å². The number of nitrogens with zero attached hydrogens (tertiary/aromatic N) is 1. The molecule has 29 heavy (non-hydrogen) atoms. The topological polar surface area (TPSA) is 107 Å². The van der Waals surface area contributed by atoms with Crippen LogP contribution in [0, 0.1) is 0 Å². The fraction of sp³-hybridized carbons (Fsp3) is 0.300. The number of hydrogen-bond acceptors (Lipinski definition) is 5. The summed E-state index contributed by atoms with van der Waals surface area (Å²) in [5.41, 5.74) is 7.53. The van der Waals surface area contributed by atoms with E-state index in [1.165, 1.54) is 6.92 Å². The van der Waals surface area contributed by atoms with Crippen LogP contribution >= 0.6 is 24.0 Å². The number of ether oxygens (including phenoxy) is 3. The van der Waals surface area contributed by atoms with E-state index in [9.17, 15) is 4.79 Å². The predicted octanol–water partition coefficient (Wildman–Crippen LogP) is 2.76. The van der Waals surface area contributed by atoms with Crippen molar-refractivity contribution in [2.24, 2.45) is 10.7 Å². The van der Waals surface area contributed by atoms with E-state index in [4.69, 9.17) is 19.9 Å². The molecule has 0 heterocycles. The number of rotatable bonds is 9. The Morgan fingerprint density at radius 2 is 1.86 bits per heavy atom. The summed E-state index contributed by atoms with van der Waals surface area (Å²) in [6, 6.07) is 12.8. The molecule has 2 aromatic rings. The Bertz CT molecular complexity index is 830. The van der Waals surface area contributed by atoms with Crippen molar-refractivity contribution in [1.82, 2.24) is 5.32 Å². The van der Waals surface area contributed by atoms with E-state index in [2.05, 4.69) is 15.6 Å². The molecule has 158 valence electrons. The van der Waals surface area contributed by atoms with Gasteiger partial charge in [0.05, 0.1) is 27.3 Å². The van der Waals surface area contributed by atoms with Gasteiger partial charge in [0.1, 0.15) is 12.4 Å². The first-order chi connectivity index (χ1) is 13.5. The van der Waals surface area contributed by atoms with E-state index >= 15 is 0 Å². The number of halogens is 1. The molecule has 0 unspecified atom stereocenters. The number of nitrogens with two attached hydrogens (primary N) is 1. The van der Waals surface area contributed by atoms with Crippen molar-refractivity contribution in [3.8, 4) is 17.2 Å². The predicted molar refractivity (Wildman–Crippen MR) is 125 cm³/mol. The minimum absolute atomic E-state index is 0. The monoisotopic (exact) mass is 514 g/mol. The first-order valence-electron chi connectivity index (χ1n) is 8.77. The van der Waals surface area contributed by atoms with Crippen LogP contribution < -0.4 is 30.6 Å². The number of anilines is 1. The van der Waals surface area contributed by atoms with Crippen LogP contribution in [-0.4, -0.2) is 39.2 Å². The first-order valence-corrected chi connectivity index (χ1v) is 8.77. The summed E-state index contributed by atoms with van der Waals surface area (Å²) >= 11 is 0. The van der Waals surface area contributed by atoms with Gasteiger partial charge < -0.3 is 30.6 Å². The van der Waals surface area contributed by atoms with Gasteiger partial charge in [0.15, 0.2) is 17.5 Å². The molecule has 9 heteroatoms. The maximum Gasteiger partial charge on any atom is 0.221 e. The molecule has 0 aliphatic rings. The summed E-state index contributed by atoms with van der Waals surface area (Å²) in [6.45, 7) is 2.77. The van der Waals surface area contributed by atoms with Crippen molar-refractivity contribution in [2.75, 3.05) is 32.7 Å². The molecule has 0 fully saturated rings. The molecule has 4 N–H and O–H groups in total. The average molecular weight is 514 g/mol. The molecule has 0 bridgehead atoms. The van der Waals surface area contributed by atoms with Crippen molar-refractivity contribution in [2.45, 2.75) is 13.5 Å². The molecule has 0 radical (unpaired) electrons. The lowest BCUT2D eigenvalue weighted by molar-refractivity contribution is -0.114. The fourth-order valence-electron chi connectivity index (χ4n) is 2.43. The zero-order chi connectivity index (χ0) is 20.4. The number of hydrogen-bond donors (Lipinski definition) is 3. The molecule has 0 saturated heterocycles. The van der Waals surface area contributed by atoms with E-state index in [0.717, 1.165) is 5.56 Å². The Morgan fingerprint density at radius 3 is 2.55 bits per heavy atom. The third kappa shape index (κ3) is 8.46. The molecule has 0 aromatic heterocycles. The van der Waals surface area contributed by atoms with Gasteiger partial charge in [0.2, 0.25) is 5.91 Å². The highest BCUT2D eigenvalue weighted by atomic mass is 127. The van der Waals surface area contributed by atoms with E-state index in [0.29, 0.717) is 48.6 Å². The highest BCUT2D eigenvalue weighted by molar-refractivity contribution is 14.0. The number of nitrogens with one attached hydrogen (secondary N) is 2. The van der Waals surface area contributed by atoms with Gasteiger partial charge in [0.25, 0.3) is 0 Å². The van der Waals surface area contributed by atoms with Crippen LogP contribution in [0.25, 0.3) is 0 Å². The highest BCUT2D eigenvalue weighted by Crippen LogP contribution is 2.27. The summed E-state index contributed by atoms with van der Waals surface area (Å²) in [5.74, 6) is 2.18. The maximum atomic E-state index is 11.1. The van der Waals surface area contributed by atoms with Crippen LogP contribution in [0.2, 0.25) is 0 Å². The summed E-state index contributed by atoms with van der Waals surface area (Å²) in [7, 11) is 3.18. The highest BCUT2D eigenvalue weighted by Gasteiger charge is 2.04. The SMILES string of the molecule is COc1ccc(CN=C(N)NCCOc2cccc(NC(C)=O)c2)cc1OC.I. The van der Waals surface area contributed by atoms with Gasteiger partial charge in [-0.2, -0.15) is 0 Å². The third-order valence-corrected chi connectivity index (χ3v) is 3.71. The van der Waals surface area contributed by atoms with Crippen molar-refractivity contribution in [3.63, 3.8) is 0 Å². The molecule has 2 aromatic carbocycles. The molecule has 0 spiro atoms. The Morgan fingerprint density at radius 1 is 1.10 bits per heavy atom. The fourth-order valence-corrected chi connectivity index (χ4v) is 2.43. The first kappa shape index (κ1) is 24.3. The molecule has 0 aliphatic carbocycles. The van der Waals surface area contributed by atoms with E-state index in [-0.39, 0.29) is 29.9 Å². The average Bonchev–Trinajstić information content (AvgIpc) is 2.69. The van der Waals surface area contributed by atoms with Crippen LogP contribution in [-0.2, 0) is 11.3 Å². The molecular weight excluding hydrogens is 487 g/mol. The van der Waals surface area contributed by atoms with Gasteiger partial charge in [-0.15, -0.1) is 24.0 Å². The number of carbonyl (C=O) groups excluding carboxylic acids is 1. The molecule has 2 rings (SSSR count). The number of amides is 1. The normalized spacial score (nSPS) is 10.5. The lowest BCUT2D eigenvalue weighted by Gasteiger charge is -2.10. The molecule has 0 atom stereocenters. The number of methoxy groups -OCH3 is 2. The molecule has 0 saturated carbocycles. The number of carbonyl (C=O) groups is 1. The quantitative estimate of drug-likeness (QED) is 0.206. The van der Waals surface area contributed by atoms with E-state index < -0.39 is 0 Å². The van der Waals surface area contributed by atoms with E-state index in [1.807, 2.05) is 30.3 Å². The van der Waals surface area contributed by atoms with E-state index in [1.54, 1.807) is 26.4 Å². The van der Waals surface area contributed by atoms with Gasteiger partial charge in [0, 0.05) is 18.7 Å². The van der Waals surface area contributed by atoms with Gasteiger partial charge in [-0.25, -0.2) is 4.99 Å². The van der Waals surface area contributed by atoms with Gasteiger partial charge in [-0.05, 0) is 29.8 Å². The Labute approximate surface area is 187 Å². The molecule has 8 nitrogen and oxygen atoms in total. The second kappa shape index (κ2) is 12.7. The van der Waals surface area contributed by atoms with Crippen LogP contribution in [0.15, 0.2) is 47.5 Å². The van der Waals surface area contributed by atoms with Crippen molar-refractivity contribution in [3.05, 3.63) is 48.0 Å². The summed E-state index contributed by atoms with van der Waals surface area (Å²) in [4.78, 5) is 15.4. The third-order valence-electron chi connectivity index (χ3n) is 3.71. The molecule has 0 aliphatic heterocycles. The minimum Gasteiger partial charge on any atom is -0.493 e. The second-order valence-corrected chi connectivity index (χ2v) is 5.88. The summed E-state index contributed by atoms with van der Waals surface area (Å²) in [5, 5.41) is 5.71. The van der Waals surface area contributed by atoms with Gasteiger partial charge in [-0.3, -0.25) is 4.79 Å². The van der Waals surface area contributed by atoms with Crippen molar-refractivity contribution >= 4 is 41.5 Å². The lowest BCUT2D eigenvalue weighted by Crippen LogP contribution is -2.34. The largest absolute Gasteiger partial charge is 0.493 e. The van der Waals surface area contributed by atoms with Crippen LogP contribution in [0.3, 0.4) is 0 Å². The molecule has 1 amide bonds. The Hall–Kier alpha value is -2.69. The van der Waals surface area contributed by atoms with Crippen LogP contribution in [0.5, 0.6) is 17.2 Å². The van der Waals surface area contributed by atoms with Gasteiger partial charge in [-0.1, -0.05) is 12.1 Å².